The van der Waals surface area contributed by atoms with Crippen molar-refractivity contribution in [2.45, 2.75) is 32.7 Å². The van der Waals surface area contributed by atoms with Gasteiger partial charge in [0, 0.05) is 19.8 Å². The van der Waals surface area contributed by atoms with E-state index in [0.29, 0.717) is 12.0 Å². The average molecular weight is 235 g/mol. The van der Waals surface area contributed by atoms with Gasteiger partial charge in [0.05, 0.1) is 0 Å². The molecule has 0 radical (unpaired) electrons. The standard InChI is InChI=1S/C15H25NO/c1-12(11-17-4)9-15(16-3)10-14-8-6-5-7-13(14)2/h5-8,12,15-16H,9-11H2,1-4H3. The number of benzene rings is 1. The van der Waals surface area contributed by atoms with Gasteiger partial charge >= 0.3 is 0 Å². The van der Waals surface area contributed by atoms with E-state index < -0.39 is 0 Å². The van der Waals surface area contributed by atoms with Crippen molar-refractivity contribution < 1.29 is 4.74 Å². The largest absolute Gasteiger partial charge is 0.384 e. The second kappa shape index (κ2) is 7.46. The van der Waals surface area contributed by atoms with Crippen molar-refractivity contribution in [3.05, 3.63) is 35.4 Å². The summed E-state index contributed by atoms with van der Waals surface area (Å²) in [5.41, 5.74) is 2.82. The summed E-state index contributed by atoms with van der Waals surface area (Å²) >= 11 is 0. The number of rotatable bonds is 7. The fourth-order valence-corrected chi connectivity index (χ4v) is 2.25. The summed E-state index contributed by atoms with van der Waals surface area (Å²) in [5, 5.41) is 3.41. The molecule has 17 heavy (non-hydrogen) atoms. The second-order valence-electron chi connectivity index (χ2n) is 4.91. The molecule has 1 aromatic carbocycles. The molecule has 2 nitrogen and oxygen atoms in total. The highest BCUT2D eigenvalue weighted by Crippen LogP contribution is 2.14. The molecule has 0 bridgehead atoms. The molecule has 1 rings (SSSR count). The number of likely N-dealkylation sites (N-methyl/N-ethyl adjacent to an activating group) is 1. The summed E-state index contributed by atoms with van der Waals surface area (Å²) < 4.78 is 5.20. The quantitative estimate of drug-likeness (QED) is 0.784. The summed E-state index contributed by atoms with van der Waals surface area (Å²) in [4.78, 5) is 0. The van der Waals surface area contributed by atoms with Gasteiger partial charge < -0.3 is 10.1 Å². The smallest absolute Gasteiger partial charge is 0.0488 e. The zero-order valence-electron chi connectivity index (χ0n) is 11.5. The van der Waals surface area contributed by atoms with Crippen LogP contribution in [0.2, 0.25) is 0 Å². The number of ether oxygens (including phenoxy) is 1. The summed E-state index contributed by atoms with van der Waals surface area (Å²) in [6.07, 6.45) is 2.25. The lowest BCUT2D eigenvalue weighted by atomic mass is 9.95. The van der Waals surface area contributed by atoms with Crippen LogP contribution in [0.15, 0.2) is 24.3 Å². The van der Waals surface area contributed by atoms with Crippen LogP contribution in [-0.4, -0.2) is 26.8 Å². The van der Waals surface area contributed by atoms with E-state index in [9.17, 15) is 0 Å². The van der Waals surface area contributed by atoms with E-state index in [0.717, 1.165) is 19.4 Å². The minimum atomic E-state index is 0.529. The Morgan fingerprint density at radius 2 is 2.00 bits per heavy atom. The van der Waals surface area contributed by atoms with Gasteiger partial charge in [-0.15, -0.1) is 0 Å². The van der Waals surface area contributed by atoms with Crippen LogP contribution in [0.5, 0.6) is 0 Å². The Kier molecular flexibility index (Phi) is 6.23. The van der Waals surface area contributed by atoms with Gasteiger partial charge in [-0.25, -0.2) is 0 Å². The summed E-state index contributed by atoms with van der Waals surface area (Å²) in [6.45, 7) is 5.26. The molecule has 2 unspecified atom stereocenters. The highest BCUT2D eigenvalue weighted by molar-refractivity contribution is 5.26. The Labute approximate surface area is 105 Å². The molecule has 0 heterocycles. The van der Waals surface area contributed by atoms with Crippen molar-refractivity contribution >= 4 is 0 Å². The first-order valence-corrected chi connectivity index (χ1v) is 6.38. The van der Waals surface area contributed by atoms with Gasteiger partial charge in [-0.3, -0.25) is 0 Å². The van der Waals surface area contributed by atoms with Crippen LogP contribution in [0.4, 0.5) is 0 Å². The first kappa shape index (κ1) is 14.2. The SMILES string of the molecule is CNC(Cc1ccccc1C)CC(C)COC. The predicted molar refractivity (Wildman–Crippen MR) is 73.4 cm³/mol. The third-order valence-corrected chi connectivity index (χ3v) is 3.27. The van der Waals surface area contributed by atoms with Crippen LogP contribution in [0, 0.1) is 12.8 Å². The zero-order chi connectivity index (χ0) is 12.7. The van der Waals surface area contributed by atoms with E-state index in [-0.39, 0.29) is 0 Å². The Morgan fingerprint density at radius 3 is 2.59 bits per heavy atom. The molecule has 2 heteroatoms. The van der Waals surface area contributed by atoms with Crippen molar-refractivity contribution in [1.29, 1.82) is 0 Å². The Balaban J connectivity index is 2.55. The highest BCUT2D eigenvalue weighted by Gasteiger charge is 2.12. The van der Waals surface area contributed by atoms with E-state index in [1.54, 1.807) is 7.11 Å². The van der Waals surface area contributed by atoms with Gasteiger partial charge in [0.15, 0.2) is 0 Å². The fraction of sp³-hybridized carbons (Fsp3) is 0.600. The average Bonchev–Trinajstić information content (AvgIpc) is 2.31. The minimum absolute atomic E-state index is 0.529. The number of methoxy groups -OCH3 is 1. The van der Waals surface area contributed by atoms with Gasteiger partial charge in [0.2, 0.25) is 0 Å². The zero-order valence-corrected chi connectivity index (χ0v) is 11.5. The molecule has 0 saturated heterocycles. The minimum Gasteiger partial charge on any atom is -0.384 e. The van der Waals surface area contributed by atoms with Crippen molar-refractivity contribution in [2.24, 2.45) is 5.92 Å². The molecule has 1 aromatic rings. The monoisotopic (exact) mass is 235 g/mol. The maximum Gasteiger partial charge on any atom is 0.0488 e. The summed E-state index contributed by atoms with van der Waals surface area (Å²) in [6, 6.07) is 9.15. The normalized spacial score (nSPS) is 14.6. The number of hydrogen-bond acceptors (Lipinski definition) is 2. The van der Waals surface area contributed by atoms with Gasteiger partial charge in [0.1, 0.15) is 0 Å². The van der Waals surface area contributed by atoms with Crippen LogP contribution in [0.1, 0.15) is 24.5 Å². The third kappa shape index (κ3) is 4.88. The summed E-state index contributed by atoms with van der Waals surface area (Å²) in [7, 11) is 3.81. The number of aryl methyl sites for hydroxylation is 1. The molecule has 2 atom stereocenters. The van der Waals surface area contributed by atoms with Crippen molar-refractivity contribution in [2.75, 3.05) is 20.8 Å². The van der Waals surface area contributed by atoms with Gasteiger partial charge in [-0.05, 0) is 43.9 Å². The molecule has 96 valence electrons. The maximum atomic E-state index is 5.20. The van der Waals surface area contributed by atoms with E-state index in [2.05, 4.69) is 43.4 Å². The van der Waals surface area contributed by atoms with Crippen LogP contribution in [0.3, 0.4) is 0 Å². The van der Waals surface area contributed by atoms with Crippen LogP contribution in [-0.2, 0) is 11.2 Å². The first-order chi connectivity index (χ1) is 8.17. The molecular formula is C15H25NO. The first-order valence-electron chi connectivity index (χ1n) is 6.38. The van der Waals surface area contributed by atoms with Crippen LogP contribution < -0.4 is 5.32 Å². The molecule has 0 amide bonds. The van der Waals surface area contributed by atoms with E-state index in [1.807, 2.05) is 7.05 Å². The molecule has 0 aliphatic carbocycles. The Morgan fingerprint density at radius 1 is 1.29 bits per heavy atom. The molecular weight excluding hydrogens is 210 g/mol. The van der Waals surface area contributed by atoms with E-state index >= 15 is 0 Å². The molecule has 0 aliphatic rings. The van der Waals surface area contributed by atoms with E-state index in [1.165, 1.54) is 11.1 Å². The molecule has 0 aliphatic heterocycles. The van der Waals surface area contributed by atoms with Crippen LogP contribution >= 0.6 is 0 Å². The van der Waals surface area contributed by atoms with Gasteiger partial charge in [-0.1, -0.05) is 31.2 Å². The molecule has 0 fully saturated rings. The molecule has 0 aromatic heterocycles. The molecule has 0 saturated carbocycles. The lowest BCUT2D eigenvalue weighted by Gasteiger charge is -2.21. The fourth-order valence-electron chi connectivity index (χ4n) is 2.25. The highest BCUT2D eigenvalue weighted by atomic mass is 16.5. The van der Waals surface area contributed by atoms with Crippen LogP contribution in [0.25, 0.3) is 0 Å². The Bertz CT molecular complexity index is 324. The lowest BCUT2D eigenvalue weighted by Crippen LogP contribution is -2.30. The lowest BCUT2D eigenvalue weighted by molar-refractivity contribution is 0.150. The maximum absolute atomic E-state index is 5.20. The second-order valence-corrected chi connectivity index (χ2v) is 4.91. The molecule has 1 N–H and O–H groups in total. The summed E-state index contributed by atoms with van der Waals surface area (Å²) in [5.74, 6) is 0.599. The van der Waals surface area contributed by atoms with E-state index in [4.69, 9.17) is 4.74 Å². The Hall–Kier alpha value is -0.860. The van der Waals surface area contributed by atoms with Crippen molar-refractivity contribution in [3.8, 4) is 0 Å². The third-order valence-electron chi connectivity index (χ3n) is 3.27. The van der Waals surface area contributed by atoms with Gasteiger partial charge in [0.25, 0.3) is 0 Å². The number of hydrogen-bond donors (Lipinski definition) is 1. The number of nitrogens with one attached hydrogen (secondary N) is 1. The van der Waals surface area contributed by atoms with Gasteiger partial charge in [-0.2, -0.15) is 0 Å². The topological polar surface area (TPSA) is 21.3 Å². The molecule has 0 spiro atoms. The van der Waals surface area contributed by atoms with Crippen molar-refractivity contribution in [1.82, 2.24) is 5.32 Å². The predicted octanol–water partition coefficient (Wildman–Crippen LogP) is 2.80. The van der Waals surface area contributed by atoms with Crippen molar-refractivity contribution in [3.63, 3.8) is 0 Å².